The molecular weight excluding hydrogens is 164 g/mol. The van der Waals surface area contributed by atoms with E-state index in [1.807, 2.05) is 0 Å². The first-order valence-electron chi connectivity index (χ1n) is 5.28. The average Bonchev–Trinajstić information content (AvgIpc) is 2.21. The summed E-state index contributed by atoms with van der Waals surface area (Å²) in [6, 6.07) is 0. The van der Waals surface area contributed by atoms with Crippen LogP contribution < -0.4 is 11.0 Å². The highest BCUT2D eigenvalue weighted by atomic mass is 15.7. The molecule has 4 nitrogen and oxygen atoms in total. The monoisotopic (exact) mass is 186 g/mol. The second-order valence-corrected chi connectivity index (χ2v) is 3.44. The lowest BCUT2D eigenvalue weighted by atomic mass is 10.3. The molecule has 1 aliphatic rings. The molecule has 0 bridgehead atoms. The molecule has 1 saturated heterocycles. The van der Waals surface area contributed by atoms with Gasteiger partial charge in [0.05, 0.1) is 6.17 Å². The largest absolute Gasteiger partial charge is 0.288 e. The van der Waals surface area contributed by atoms with Crippen molar-refractivity contribution in [3.05, 3.63) is 0 Å². The third-order valence-electron chi connectivity index (χ3n) is 2.72. The Hall–Kier alpha value is -0.160. The normalized spacial score (nSPS) is 22.2. The van der Waals surface area contributed by atoms with Crippen LogP contribution in [0.3, 0.4) is 0 Å². The maximum Gasteiger partial charge on any atom is 0.0742 e. The van der Waals surface area contributed by atoms with E-state index in [9.17, 15) is 0 Å². The van der Waals surface area contributed by atoms with Crippen LogP contribution in [0.15, 0.2) is 0 Å². The fraction of sp³-hybridized carbons (Fsp3) is 1.00. The summed E-state index contributed by atoms with van der Waals surface area (Å²) < 4.78 is 0. The highest BCUT2D eigenvalue weighted by Crippen LogP contribution is 2.04. The van der Waals surface area contributed by atoms with Gasteiger partial charge >= 0.3 is 0 Å². The van der Waals surface area contributed by atoms with Crippen molar-refractivity contribution in [1.29, 1.82) is 0 Å². The van der Waals surface area contributed by atoms with Crippen molar-refractivity contribution in [2.75, 3.05) is 26.2 Å². The van der Waals surface area contributed by atoms with Gasteiger partial charge in [-0.15, -0.1) is 0 Å². The second kappa shape index (κ2) is 5.54. The van der Waals surface area contributed by atoms with Crippen LogP contribution in [0.4, 0.5) is 0 Å². The first kappa shape index (κ1) is 10.9. The van der Waals surface area contributed by atoms with E-state index in [-0.39, 0.29) is 0 Å². The molecule has 13 heavy (non-hydrogen) atoms. The van der Waals surface area contributed by atoms with E-state index in [1.54, 1.807) is 0 Å². The molecule has 1 aliphatic heterocycles. The lowest BCUT2D eigenvalue weighted by Gasteiger charge is -2.38. The highest BCUT2D eigenvalue weighted by molar-refractivity contribution is 4.66. The Bertz CT molecular complexity index is 130. The quantitative estimate of drug-likeness (QED) is 0.665. The maximum atomic E-state index is 3.21. The van der Waals surface area contributed by atoms with Crippen molar-refractivity contribution >= 4 is 0 Å². The Morgan fingerprint density at radius 2 is 2.08 bits per heavy atom. The first-order valence-corrected chi connectivity index (χ1v) is 5.28. The summed E-state index contributed by atoms with van der Waals surface area (Å²) >= 11 is 0. The predicted octanol–water partition coefficient (Wildman–Crippen LogP) is 0.389. The molecule has 0 aliphatic carbocycles. The fourth-order valence-electron chi connectivity index (χ4n) is 1.78. The standard InChI is InChI=1S/C9H22N4/c1-4-12(5-2)9(3)13-8-6-7-10-11-13/h9-11H,4-8H2,1-3H3. The van der Waals surface area contributed by atoms with Crippen LogP contribution in [-0.2, 0) is 0 Å². The summed E-state index contributed by atoms with van der Waals surface area (Å²) in [6.07, 6.45) is 1.70. The molecular formula is C9H22N4. The number of hydrogen-bond donors (Lipinski definition) is 2. The molecule has 1 atom stereocenters. The van der Waals surface area contributed by atoms with Gasteiger partial charge in [0, 0.05) is 13.1 Å². The van der Waals surface area contributed by atoms with Gasteiger partial charge in [-0.3, -0.25) is 4.90 Å². The molecule has 0 spiro atoms. The minimum absolute atomic E-state index is 0.475. The topological polar surface area (TPSA) is 30.5 Å². The van der Waals surface area contributed by atoms with E-state index < -0.39 is 0 Å². The van der Waals surface area contributed by atoms with E-state index in [0.29, 0.717) is 6.17 Å². The zero-order valence-electron chi connectivity index (χ0n) is 9.01. The minimum Gasteiger partial charge on any atom is -0.288 e. The van der Waals surface area contributed by atoms with Crippen LogP contribution >= 0.6 is 0 Å². The van der Waals surface area contributed by atoms with Crippen molar-refractivity contribution in [3.8, 4) is 0 Å². The van der Waals surface area contributed by atoms with Gasteiger partial charge in [-0.1, -0.05) is 13.8 Å². The van der Waals surface area contributed by atoms with Crippen molar-refractivity contribution in [2.24, 2.45) is 0 Å². The molecule has 78 valence electrons. The number of hydrazine groups is 2. The third-order valence-corrected chi connectivity index (χ3v) is 2.72. The van der Waals surface area contributed by atoms with Crippen LogP contribution in [0.5, 0.6) is 0 Å². The molecule has 1 heterocycles. The van der Waals surface area contributed by atoms with Gasteiger partial charge in [0.25, 0.3) is 0 Å². The van der Waals surface area contributed by atoms with Gasteiger partial charge in [-0.05, 0) is 26.4 Å². The summed E-state index contributed by atoms with van der Waals surface area (Å²) in [7, 11) is 0. The van der Waals surface area contributed by atoms with Gasteiger partial charge in [-0.2, -0.15) is 5.53 Å². The van der Waals surface area contributed by atoms with Gasteiger partial charge in [0.15, 0.2) is 0 Å². The molecule has 0 amide bonds. The average molecular weight is 186 g/mol. The summed E-state index contributed by atoms with van der Waals surface area (Å²) in [6.45, 7) is 11.1. The zero-order valence-corrected chi connectivity index (χ0v) is 9.01. The molecule has 2 N–H and O–H groups in total. The van der Waals surface area contributed by atoms with Gasteiger partial charge in [0.2, 0.25) is 0 Å². The van der Waals surface area contributed by atoms with Gasteiger partial charge in [0.1, 0.15) is 0 Å². The second-order valence-electron chi connectivity index (χ2n) is 3.44. The van der Waals surface area contributed by atoms with Crippen LogP contribution in [0.2, 0.25) is 0 Å². The molecule has 4 heteroatoms. The fourth-order valence-corrected chi connectivity index (χ4v) is 1.78. The summed E-state index contributed by atoms with van der Waals surface area (Å²) in [5.74, 6) is 0. The van der Waals surface area contributed by atoms with Crippen molar-refractivity contribution in [2.45, 2.75) is 33.4 Å². The Morgan fingerprint density at radius 1 is 1.38 bits per heavy atom. The lowest BCUT2D eigenvalue weighted by Crippen LogP contribution is -2.60. The Morgan fingerprint density at radius 3 is 2.54 bits per heavy atom. The number of nitrogens with one attached hydrogen (secondary N) is 2. The molecule has 1 rings (SSSR count). The maximum absolute atomic E-state index is 3.21. The molecule has 1 fully saturated rings. The highest BCUT2D eigenvalue weighted by Gasteiger charge is 2.19. The van der Waals surface area contributed by atoms with E-state index in [4.69, 9.17) is 0 Å². The van der Waals surface area contributed by atoms with E-state index in [2.05, 4.69) is 41.6 Å². The Kier molecular flexibility index (Phi) is 4.66. The number of rotatable bonds is 4. The number of nitrogens with zero attached hydrogens (tertiary/aromatic N) is 2. The number of hydrogen-bond acceptors (Lipinski definition) is 4. The predicted molar refractivity (Wildman–Crippen MR) is 54.8 cm³/mol. The van der Waals surface area contributed by atoms with Crippen LogP contribution in [0.1, 0.15) is 27.2 Å². The molecule has 0 saturated carbocycles. The molecule has 1 unspecified atom stereocenters. The molecule has 0 radical (unpaired) electrons. The third kappa shape index (κ3) is 2.91. The van der Waals surface area contributed by atoms with Crippen molar-refractivity contribution in [1.82, 2.24) is 20.9 Å². The minimum atomic E-state index is 0.475. The van der Waals surface area contributed by atoms with Crippen LogP contribution in [0, 0.1) is 0 Å². The van der Waals surface area contributed by atoms with E-state index in [1.165, 1.54) is 6.42 Å². The Labute approximate surface area is 81.2 Å². The van der Waals surface area contributed by atoms with Gasteiger partial charge < -0.3 is 0 Å². The SMILES string of the molecule is CCN(CC)C(C)N1CCCNN1. The van der Waals surface area contributed by atoms with E-state index in [0.717, 1.165) is 26.2 Å². The van der Waals surface area contributed by atoms with Crippen molar-refractivity contribution < 1.29 is 0 Å². The summed E-state index contributed by atoms with van der Waals surface area (Å²) in [5, 5.41) is 2.26. The molecule has 0 aromatic rings. The molecule has 0 aromatic carbocycles. The summed E-state index contributed by atoms with van der Waals surface area (Å²) in [4.78, 5) is 2.43. The van der Waals surface area contributed by atoms with E-state index >= 15 is 0 Å². The first-order chi connectivity index (χ1) is 6.29. The zero-order chi connectivity index (χ0) is 9.68. The lowest BCUT2D eigenvalue weighted by molar-refractivity contribution is -0.0105. The Balaban J connectivity index is 2.38. The van der Waals surface area contributed by atoms with Gasteiger partial charge in [-0.25, -0.2) is 10.4 Å². The smallest absolute Gasteiger partial charge is 0.0742 e. The summed E-state index contributed by atoms with van der Waals surface area (Å²) in [5.41, 5.74) is 6.38. The molecule has 0 aromatic heterocycles. The van der Waals surface area contributed by atoms with Crippen LogP contribution in [-0.4, -0.2) is 42.3 Å². The van der Waals surface area contributed by atoms with Crippen molar-refractivity contribution in [3.63, 3.8) is 0 Å². The van der Waals surface area contributed by atoms with Crippen LogP contribution in [0.25, 0.3) is 0 Å².